The van der Waals surface area contributed by atoms with Crippen LogP contribution in [-0.2, 0) is 9.53 Å². The summed E-state index contributed by atoms with van der Waals surface area (Å²) in [5.41, 5.74) is 0. The smallest absolute Gasteiger partial charge is 0.149 e. The summed E-state index contributed by atoms with van der Waals surface area (Å²) in [7, 11) is 0. The Morgan fingerprint density at radius 3 is 2.83 bits per heavy atom. The summed E-state index contributed by atoms with van der Waals surface area (Å²) in [6.07, 6.45) is 10.7. The van der Waals surface area contributed by atoms with E-state index in [4.69, 9.17) is 4.74 Å². The molecule has 3 fully saturated rings. The van der Waals surface area contributed by atoms with Crippen molar-refractivity contribution in [2.24, 2.45) is 5.92 Å². The van der Waals surface area contributed by atoms with E-state index in [0.29, 0.717) is 24.3 Å². The topological polar surface area (TPSA) is 38.3 Å². The van der Waals surface area contributed by atoms with Gasteiger partial charge >= 0.3 is 0 Å². The Bertz CT molecular complexity index is 285. The largest absolute Gasteiger partial charge is 0.378 e. The molecule has 3 nitrogen and oxygen atoms in total. The molecule has 4 atom stereocenters. The van der Waals surface area contributed by atoms with E-state index in [1.54, 1.807) is 0 Å². The molecule has 102 valence electrons. The van der Waals surface area contributed by atoms with Gasteiger partial charge in [0.05, 0.1) is 12.1 Å². The summed E-state index contributed by atoms with van der Waals surface area (Å²) < 4.78 is 5.59. The summed E-state index contributed by atoms with van der Waals surface area (Å²) >= 11 is 0. The molecule has 2 saturated heterocycles. The lowest BCUT2D eigenvalue weighted by Gasteiger charge is -2.24. The van der Waals surface area contributed by atoms with Crippen LogP contribution in [0.4, 0.5) is 0 Å². The number of fused-ring (bicyclic) bond motifs is 1. The second-order valence-electron chi connectivity index (χ2n) is 6.25. The van der Waals surface area contributed by atoms with Crippen LogP contribution in [-0.4, -0.2) is 30.6 Å². The van der Waals surface area contributed by atoms with Crippen molar-refractivity contribution in [1.29, 1.82) is 0 Å². The van der Waals surface area contributed by atoms with Crippen LogP contribution in [0.1, 0.15) is 57.8 Å². The van der Waals surface area contributed by atoms with Gasteiger partial charge < -0.3 is 10.1 Å². The quantitative estimate of drug-likeness (QED) is 0.834. The molecule has 18 heavy (non-hydrogen) atoms. The van der Waals surface area contributed by atoms with E-state index in [1.807, 2.05) is 0 Å². The summed E-state index contributed by atoms with van der Waals surface area (Å²) in [5, 5.41) is 3.58. The SMILES string of the molecule is O=C(CCC1CCCO1)C1CC2CCCCC2N1. The summed E-state index contributed by atoms with van der Waals surface area (Å²) in [6.45, 7) is 0.894. The lowest BCUT2D eigenvalue weighted by molar-refractivity contribution is -0.121. The zero-order chi connectivity index (χ0) is 12.4. The molecule has 1 N–H and O–H groups in total. The third-order valence-corrected chi connectivity index (χ3v) is 4.99. The number of Topliss-reactive ketones (excluding diaryl/α,β-unsaturated/α-hetero) is 1. The van der Waals surface area contributed by atoms with Crippen LogP contribution in [0.5, 0.6) is 0 Å². The highest BCUT2D eigenvalue weighted by Gasteiger charge is 2.37. The van der Waals surface area contributed by atoms with Gasteiger partial charge in [0, 0.05) is 19.1 Å². The fraction of sp³-hybridized carbons (Fsp3) is 0.933. The predicted molar refractivity (Wildman–Crippen MR) is 70.5 cm³/mol. The molecule has 1 aliphatic carbocycles. The average molecular weight is 251 g/mol. The fourth-order valence-corrected chi connectivity index (χ4v) is 3.91. The van der Waals surface area contributed by atoms with Gasteiger partial charge in [0.15, 0.2) is 0 Å². The zero-order valence-corrected chi connectivity index (χ0v) is 11.2. The molecule has 0 aromatic heterocycles. The Kier molecular flexibility index (Phi) is 4.00. The zero-order valence-electron chi connectivity index (χ0n) is 11.2. The molecule has 2 aliphatic heterocycles. The van der Waals surface area contributed by atoms with Gasteiger partial charge in [0.25, 0.3) is 0 Å². The molecule has 0 aromatic rings. The molecule has 0 radical (unpaired) electrons. The van der Waals surface area contributed by atoms with Crippen LogP contribution in [0.15, 0.2) is 0 Å². The molecular formula is C15H25NO2. The lowest BCUT2D eigenvalue weighted by Crippen LogP contribution is -2.37. The van der Waals surface area contributed by atoms with Crippen LogP contribution in [0, 0.1) is 5.92 Å². The lowest BCUT2D eigenvalue weighted by atomic mass is 9.84. The highest BCUT2D eigenvalue weighted by atomic mass is 16.5. The van der Waals surface area contributed by atoms with Crippen LogP contribution >= 0.6 is 0 Å². The molecule has 0 amide bonds. The number of hydrogen-bond acceptors (Lipinski definition) is 3. The number of ether oxygens (including phenoxy) is 1. The molecule has 1 saturated carbocycles. The second-order valence-corrected chi connectivity index (χ2v) is 6.25. The summed E-state index contributed by atoms with van der Waals surface area (Å²) in [5.74, 6) is 1.20. The molecule has 0 spiro atoms. The first-order valence-electron chi connectivity index (χ1n) is 7.73. The molecule has 3 aliphatic rings. The minimum absolute atomic E-state index is 0.152. The number of hydrogen-bond donors (Lipinski definition) is 1. The van der Waals surface area contributed by atoms with Crippen molar-refractivity contribution in [3.8, 4) is 0 Å². The van der Waals surface area contributed by atoms with Gasteiger partial charge in [-0.2, -0.15) is 0 Å². The molecule has 2 heterocycles. The maximum atomic E-state index is 12.2. The molecule has 3 rings (SSSR count). The Hall–Kier alpha value is -0.410. The Morgan fingerprint density at radius 2 is 2.06 bits per heavy atom. The van der Waals surface area contributed by atoms with Gasteiger partial charge in [0.2, 0.25) is 0 Å². The maximum absolute atomic E-state index is 12.2. The highest BCUT2D eigenvalue weighted by Crippen LogP contribution is 2.33. The van der Waals surface area contributed by atoms with Gasteiger partial charge in [0.1, 0.15) is 5.78 Å². The molecule has 4 unspecified atom stereocenters. The molecular weight excluding hydrogens is 226 g/mol. The molecule has 0 aromatic carbocycles. The van der Waals surface area contributed by atoms with E-state index >= 15 is 0 Å². The second kappa shape index (κ2) is 5.70. The van der Waals surface area contributed by atoms with Gasteiger partial charge in [-0.1, -0.05) is 12.8 Å². The predicted octanol–water partition coefficient (Wildman–Crippen LogP) is 2.44. The van der Waals surface area contributed by atoms with Crippen LogP contribution < -0.4 is 5.32 Å². The van der Waals surface area contributed by atoms with E-state index in [0.717, 1.165) is 31.8 Å². The maximum Gasteiger partial charge on any atom is 0.149 e. The number of rotatable bonds is 4. The van der Waals surface area contributed by atoms with Gasteiger partial charge in [-0.3, -0.25) is 4.79 Å². The number of nitrogens with one attached hydrogen (secondary N) is 1. The normalized spacial score (nSPS) is 39.8. The Balaban J connectivity index is 1.45. The number of carbonyl (C=O) groups excluding carboxylic acids is 1. The standard InChI is InChI=1S/C15H25NO2/c17-15(8-7-12-5-3-9-18-12)14-10-11-4-1-2-6-13(11)16-14/h11-14,16H,1-10H2. The first kappa shape index (κ1) is 12.6. The van der Waals surface area contributed by atoms with Gasteiger partial charge in [-0.15, -0.1) is 0 Å². The van der Waals surface area contributed by atoms with Crippen molar-refractivity contribution in [2.75, 3.05) is 6.61 Å². The van der Waals surface area contributed by atoms with Crippen molar-refractivity contribution < 1.29 is 9.53 Å². The third kappa shape index (κ3) is 2.77. The molecule has 3 heteroatoms. The van der Waals surface area contributed by atoms with E-state index in [-0.39, 0.29) is 6.04 Å². The fourth-order valence-electron chi connectivity index (χ4n) is 3.91. The van der Waals surface area contributed by atoms with Crippen molar-refractivity contribution in [3.63, 3.8) is 0 Å². The van der Waals surface area contributed by atoms with Crippen LogP contribution in [0.2, 0.25) is 0 Å². The van der Waals surface area contributed by atoms with Crippen molar-refractivity contribution >= 4 is 5.78 Å². The minimum Gasteiger partial charge on any atom is -0.378 e. The summed E-state index contributed by atoms with van der Waals surface area (Å²) in [4.78, 5) is 12.2. The van der Waals surface area contributed by atoms with E-state index in [1.165, 1.54) is 32.1 Å². The van der Waals surface area contributed by atoms with E-state index in [9.17, 15) is 4.79 Å². The number of ketones is 1. The Morgan fingerprint density at radius 1 is 1.17 bits per heavy atom. The van der Waals surface area contributed by atoms with Gasteiger partial charge in [-0.05, 0) is 44.4 Å². The monoisotopic (exact) mass is 251 g/mol. The van der Waals surface area contributed by atoms with Crippen LogP contribution in [0.3, 0.4) is 0 Å². The van der Waals surface area contributed by atoms with Crippen molar-refractivity contribution in [2.45, 2.75) is 76.0 Å². The van der Waals surface area contributed by atoms with E-state index in [2.05, 4.69) is 5.32 Å². The highest BCUT2D eigenvalue weighted by molar-refractivity contribution is 5.84. The average Bonchev–Trinajstić information content (AvgIpc) is 3.04. The van der Waals surface area contributed by atoms with Gasteiger partial charge in [-0.25, -0.2) is 0 Å². The first-order valence-corrected chi connectivity index (χ1v) is 7.73. The Labute approximate surface area is 110 Å². The number of carbonyl (C=O) groups is 1. The first-order chi connectivity index (χ1) is 8.83. The van der Waals surface area contributed by atoms with Crippen LogP contribution in [0.25, 0.3) is 0 Å². The minimum atomic E-state index is 0.152. The van der Waals surface area contributed by atoms with Crippen molar-refractivity contribution in [1.82, 2.24) is 5.32 Å². The van der Waals surface area contributed by atoms with Crippen molar-refractivity contribution in [3.05, 3.63) is 0 Å². The van der Waals surface area contributed by atoms with E-state index < -0.39 is 0 Å². The third-order valence-electron chi connectivity index (χ3n) is 4.99. The molecule has 0 bridgehead atoms. The summed E-state index contributed by atoms with van der Waals surface area (Å²) in [6, 6.07) is 0.787.